The van der Waals surface area contributed by atoms with Gasteiger partial charge < -0.3 is 0 Å². The second-order valence-electron chi connectivity index (χ2n) is 13.1. The summed E-state index contributed by atoms with van der Waals surface area (Å²) in [5.41, 5.74) is 3.78. The number of fused-ring (bicyclic) bond motifs is 2. The molecule has 2 aromatic carbocycles. The van der Waals surface area contributed by atoms with Gasteiger partial charge in [0.05, 0.1) is 0 Å². The van der Waals surface area contributed by atoms with E-state index in [2.05, 4.69) is 74.5 Å². The molecular formula is C34H48P2. The van der Waals surface area contributed by atoms with Crippen molar-refractivity contribution in [3.63, 3.8) is 0 Å². The zero-order valence-electron chi connectivity index (χ0n) is 22.8. The van der Waals surface area contributed by atoms with Gasteiger partial charge in [-0.2, -0.15) is 0 Å². The monoisotopic (exact) mass is 518 g/mol. The lowest BCUT2D eigenvalue weighted by atomic mass is 9.46. The van der Waals surface area contributed by atoms with E-state index in [9.17, 15) is 0 Å². The van der Waals surface area contributed by atoms with E-state index in [1.807, 2.05) is 0 Å². The minimum Gasteiger partial charge on any atom is -0.0968 e. The summed E-state index contributed by atoms with van der Waals surface area (Å²) >= 11 is 0. The average Bonchev–Trinajstić information content (AvgIpc) is 2.94. The van der Waals surface area contributed by atoms with Gasteiger partial charge in [-0.1, -0.05) is 121 Å². The van der Waals surface area contributed by atoms with E-state index in [1.54, 1.807) is 42.7 Å². The van der Waals surface area contributed by atoms with Crippen LogP contribution in [0.2, 0.25) is 0 Å². The van der Waals surface area contributed by atoms with Gasteiger partial charge in [0, 0.05) is 0 Å². The van der Waals surface area contributed by atoms with Gasteiger partial charge in [-0.3, -0.25) is 0 Å². The first-order valence-corrected chi connectivity index (χ1v) is 18.4. The third kappa shape index (κ3) is 5.01. The van der Waals surface area contributed by atoms with E-state index in [0.29, 0.717) is 5.41 Å². The molecule has 5 saturated carbocycles. The van der Waals surface area contributed by atoms with Crippen LogP contribution in [0.15, 0.2) is 60.7 Å². The second kappa shape index (κ2) is 11.2. The summed E-state index contributed by atoms with van der Waals surface area (Å²) in [6.07, 6.45) is 19.9. The Hall–Kier alpha value is -0.700. The highest BCUT2D eigenvalue weighted by Crippen LogP contribution is 2.72. The van der Waals surface area contributed by atoms with Crippen molar-refractivity contribution < 1.29 is 0 Å². The number of hydrogen-bond donors (Lipinski definition) is 0. The predicted molar refractivity (Wildman–Crippen MR) is 162 cm³/mol. The summed E-state index contributed by atoms with van der Waals surface area (Å²) < 4.78 is 0. The van der Waals surface area contributed by atoms with Crippen molar-refractivity contribution in [2.45, 2.75) is 108 Å². The predicted octanol–water partition coefficient (Wildman–Crippen LogP) is 9.32. The zero-order chi connectivity index (χ0) is 24.5. The Balaban J connectivity index is 1.36. The van der Waals surface area contributed by atoms with Crippen molar-refractivity contribution in [1.29, 1.82) is 0 Å². The van der Waals surface area contributed by atoms with Gasteiger partial charge >= 0.3 is 0 Å². The molecule has 0 N–H and O–H groups in total. The molecule has 0 heterocycles. The smallest absolute Gasteiger partial charge is 0.0167 e. The van der Waals surface area contributed by atoms with Gasteiger partial charge in [0.25, 0.3) is 0 Å². The van der Waals surface area contributed by atoms with Gasteiger partial charge in [-0.15, -0.1) is 0 Å². The van der Waals surface area contributed by atoms with Crippen LogP contribution in [0.1, 0.15) is 90.9 Å². The van der Waals surface area contributed by atoms with Crippen molar-refractivity contribution in [3.8, 4) is 0 Å². The lowest BCUT2D eigenvalue weighted by molar-refractivity contribution is -0.0950. The van der Waals surface area contributed by atoms with Crippen LogP contribution in [0.3, 0.4) is 0 Å². The van der Waals surface area contributed by atoms with Crippen molar-refractivity contribution in [1.82, 2.24) is 0 Å². The molecule has 2 bridgehead atoms. The van der Waals surface area contributed by atoms with Crippen LogP contribution in [-0.2, 0) is 0 Å². The molecule has 5 aliphatic carbocycles. The fourth-order valence-electron chi connectivity index (χ4n) is 8.89. The van der Waals surface area contributed by atoms with Crippen LogP contribution in [0.4, 0.5) is 0 Å². The fraction of sp³-hybridized carbons (Fsp3) is 0.647. The first-order valence-electron chi connectivity index (χ1n) is 15.3. The molecule has 4 atom stereocenters. The van der Waals surface area contributed by atoms with Crippen LogP contribution in [-0.4, -0.2) is 23.1 Å². The molecule has 36 heavy (non-hydrogen) atoms. The zero-order valence-corrected chi connectivity index (χ0v) is 24.6. The molecule has 2 unspecified atom stereocenters. The fourth-order valence-corrected chi connectivity index (χ4v) is 16.6. The second-order valence-corrected chi connectivity index (χ2v) is 18.4. The maximum atomic E-state index is 2.64. The van der Waals surface area contributed by atoms with E-state index in [1.165, 1.54) is 51.1 Å². The van der Waals surface area contributed by atoms with E-state index in [0.717, 1.165) is 34.7 Å². The Morgan fingerprint density at radius 2 is 1.17 bits per heavy atom. The average molecular weight is 519 g/mol. The van der Waals surface area contributed by atoms with Crippen LogP contribution in [0, 0.1) is 23.2 Å². The van der Waals surface area contributed by atoms with E-state index in [-0.39, 0.29) is 15.8 Å². The van der Waals surface area contributed by atoms with Crippen molar-refractivity contribution in [3.05, 3.63) is 60.7 Å². The topological polar surface area (TPSA) is 0 Å². The number of hydrogen-bond acceptors (Lipinski definition) is 0. The molecule has 0 aromatic heterocycles. The molecule has 0 spiro atoms. The van der Waals surface area contributed by atoms with E-state index in [4.69, 9.17) is 0 Å². The highest BCUT2D eigenvalue weighted by molar-refractivity contribution is 7.73. The summed E-state index contributed by atoms with van der Waals surface area (Å²) in [6, 6.07) is 23.3. The SMILES string of the molecule is CC1(C)C2CC1[C@H](CP(c1ccccc1)c1ccccc1)[C@H](P(C1CCCCC1)C1CCCCC1)C2. The molecule has 5 aliphatic rings. The summed E-state index contributed by atoms with van der Waals surface area (Å²) in [5, 5.41) is 3.22. The lowest BCUT2D eigenvalue weighted by Gasteiger charge is -2.65. The summed E-state index contributed by atoms with van der Waals surface area (Å²) in [5.74, 6) is 2.89. The van der Waals surface area contributed by atoms with Gasteiger partial charge in [-0.05, 0) is 103 Å². The van der Waals surface area contributed by atoms with Gasteiger partial charge in [0.2, 0.25) is 0 Å². The largest absolute Gasteiger partial charge is 0.0968 e. The molecule has 0 aliphatic heterocycles. The summed E-state index contributed by atoms with van der Waals surface area (Å²) in [6.45, 7) is 5.29. The Bertz CT molecular complexity index is 900. The Morgan fingerprint density at radius 3 is 1.64 bits per heavy atom. The number of benzene rings is 2. The normalized spacial score (nSPS) is 30.9. The molecule has 2 aromatic rings. The van der Waals surface area contributed by atoms with E-state index < -0.39 is 0 Å². The Kier molecular flexibility index (Phi) is 7.95. The van der Waals surface area contributed by atoms with Crippen LogP contribution in [0.5, 0.6) is 0 Å². The van der Waals surface area contributed by atoms with Gasteiger partial charge in [0.1, 0.15) is 0 Å². The third-order valence-corrected chi connectivity index (χ3v) is 17.7. The highest BCUT2D eigenvalue weighted by Gasteiger charge is 2.60. The first-order chi connectivity index (χ1) is 17.6. The summed E-state index contributed by atoms with van der Waals surface area (Å²) in [4.78, 5) is 0. The molecule has 0 nitrogen and oxygen atoms in total. The van der Waals surface area contributed by atoms with Crippen molar-refractivity contribution in [2.24, 2.45) is 23.2 Å². The van der Waals surface area contributed by atoms with Crippen molar-refractivity contribution in [2.75, 3.05) is 6.16 Å². The molecule has 2 heteroatoms. The van der Waals surface area contributed by atoms with Crippen LogP contribution in [0.25, 0.3) is 0 Å². The standard InChI is InChI=1S/C34H48P2/c1-34(2)26-23-32(34)31(25-35(27-15-7-3-8-16-27)28-17-9-4-10-18-28)33(24-26)36(29-19-11-5-12-20-29)30-21-13-6-14-22-30/h3-4,7-10,15-18,26,29-33H,5-6,11-14,19-25H2,1-2H3/t26?,31-,32?,33+/m0/s1. The van der Waals surface area contributed by atoms with E-state index >= 15 is 0 Å². The summed E-state index contributed by atoms with van der Waals surface area (Å²) in [7, 11) is -0.143. The Labute approximate surface area is 223 Å². The maximum Gasteiger partial charge on any atom is -0.0167 e. The van der Waals surface area contributed by atoms with Crippen LogP contribution < -0.4 is 10.6 Å². The minimum atomic E-state index is -0.293. The van der Waals surface area contributed by atoms with Gasteiger partial charge in [0.15, 0.2) is 0 Å². The molecule has 0 amide bonds. The molecule has 7 rings (SSSR count). The third-order valence-electron chi connectivity index (χ3n) is 11.0. The molecule has 0 radical (unpaired) electrons. The first kappa shape index (κ1) is 25.6. The van der Waals surface area contributed by atoms with Crippen LogP contribution >= 0.6 is 15.8 Å². The quantitative estimate of drug-likeness (QED) is 0.320. The van der Waals surface area contributed by atoms with Crippen molar-refractivity contribution >= 4 is 26.5 Å². The molecule has 5 fully saturated rings. The van der Waals surface area contributed by atoms with Gasteiger partial charge in [-0.25, -0.2) is 0 Å². The minimum absolute atomic E-state index is 0.150. The molecule has 0 saturated heterocycles. The molecular weight excluding hydrogens is 470 g/mol. The maximum absolute atomic E-state index is 2.64. The number of rotatable bonds is 7. The highest BCUT2D eigenvalue weighted by atomic mass is 31.1. The molecule has 194 valence electrons. The lowest BCUT2D eigenvalue weighted by Crippen LogP contribution is -2.58. The Morgan fingerprint density at radius 1 is 0.667 bits per heavy atom.